The van der Waals surface area contributed by atoms with Crippen LogP contribution in [0.4, 0.5) is 8.78 Å². The van der Waals surface area contributed by atoms with Crippen molar-refractivity contribution in [2.24, 2.45) is 0 Å². The Morgan fingerprint density at radius 1 is 1.05 bits per heavy atom. The van der Waals surface area contributed by atoms with Gasteiger partial charge in [-0.2, -0.15) is 0 Å². The Labute approximate surface area is 124 Å². The summed E-state index contributed by atoms with van der Waals surface area (Å²) in [6.07, 6.45) is -1.36. The minimum atomic E-state index is -1.36. The quantitative estimate of drug-likeness (QED) is 0.911. The van der Waals surface area contributed by atoms with Gasteiger partial charge in [-0.05, 0) is 12.1 Å². The maximum Gasteiger partial charge on any atom is 0.138 e. The largest absolute Gasteiger partial charge is 0.495 e. The lowest BCUT2D eigenvalue weighted by Crippen LogP contribution is -2.04. The van der Waals surface area contributed by atoms with Crippen LogP contribution in [0.5, 0.6) is 5.75 Å². The van der Waals surface area contributed by atoms with Crippen molar-refractivity contribution < 1.29 is 18.6 Å². The molecule has 0 aliphatic rings. The standard InChI is InChI=1S/C14H10Cl2F2O2/c1-20-13-6-10(15)9(5-11(13)16)14(19)8-3-2-7(17)4-12(8)18/h2-6,14,19H,1H3. The molecule has 1 atom stereocenters. The van der Waals surface area contributed by atoms with Gasteiger partial charge in [0, 0.05) is 23.3 Å². The smallest absolute Gasteiger partial charge is 0.138 e. The van der Waals surface area contributed by atoms with Crippen LogP contribution in [0.25, 0.3) is 0 Å². The van der Waals surface area contributed by atoms with Crippen LogP contribution in [0.1, 0.15) is 17.2 Å². The Bertz CT molecular complexity index is 647. The zero-order valence-electron chi connectivity index (χ0n) is 10.3. The summed E-state index contributed by atoms with van der Waals surface area (Å²) in [5.41, 5.74) is 0.123. The van der Waals surface area contributed by atoms with E-state index in [0.29, 0.717) is 11.8 Å². The van der Waals surface area contributed by atoms with E-state index in [2.05, 4.69) is 0 Å². The highest BCUT2D eigenvalue weighted by atomic mass is 35.5. The van der Waals surface area contributed by atoms with Gasteiger partial charge in [0.1, 0.15) is 23.5 Å². The normalized spacial score (nSPS) is 12.3. The summed E-state index contributed by atoms with van der Waals surface area (Å²) >= 11 is 12.0. The molecule has 0 bridgehead atoms. The summed E-state index contributed by atoms with van der Waals surface area (Å²) in [5, 5.41) is 10.6. The first-order chi connectivity index (χ1) is 9.43. The second-order valence-corrected chi connectivity index (χ2v) is 4.89. The fraction of sp³-hybridized carbons (Fsp3) is 0.143. The Kier molecular flexibility index (Phi) is 4.48. The van der Waals surface area contributed by atoms with E-state index in [-0.39, 0.29) is 21.2 Å². The van der Waals surface area contributed by atoms with E-state index < -0.39 is 17.7 Å². The van der Waals surface area contributed by atoms with Crippen molar-refractivity contribution in [2.75, 3.05) is 7.11 Å². The maximum absolute atomic E-state index is 13.7. The summed E-state index contributed by atoms with van der Waals surface area (Å²) in [5.74, 6) is -1.25. The molecule has 0 fully saturated rings. The molecule has 2 aromatic carbocycles. The molecule has 0 saturated carbocycles. The first-order valence-corrected chi connectivity index (χ1v) is 6.35. The van der Waals surface area contributed by atoms with Gasteiger partial charge in [-0.25, -0.2) is 8.78 Å². The van der Waals surface area contributed by atoms with E-state index in [1.807, 2.05) is 0 Å². The molecule has 0 heterocycles. The van der Waals surface area contributed by atoms with Crippen LogP contribution in [0.3, 0.4) is 0 Å². The first kappa shape index (κ1) is 15.0. The lowest BCUT2D eigenvalue weighted by Gasteiger charge is -2.15. The van der Waals surface area contributed by atoms with Crippen LogP contribution in [-0.2, 0) is 0 Å². The van der Waals surface area contributed by atoms with Crippen molar-refractivity contribution in [1.82, 2.24) is 0 Å². The molecule has 0 aliphatic heterocycles. The summed E-state index contributed by atoms with van der Waals surface area (Å²) in [4.78, 5) is 0. The molecule has 2 nitrogen and oxygen atoms in total. The fourth-order valence-electron chi connectivity index (χ4n) is 1.80. The molecule has 1 unspecified atom stereocenters. The van der Waals surface area contributed by atoms with Gasteiger partial charge in [-0.3, -0.25) is 0 Å². The zero-order valence-corrected chi connectivity index (χ0v) is 11.8. The summed E-state index contributed by atoms with van der Waals surface area (Å²) in [6.45, 7) is 0. The molecule has 106 valence electrons. The third-order valence-electron chi connectivity index (χ3n) is 2.82. The lowest BCUT2D eigenvalue weighted by molar-refractivity contribution is 0.214. The number of ether oxygens (including phenoxy) is 1. The van der Waals surface area contributed by atoms with Crippen molar-refractivity contribution >= 4 is 23.2 Å². The van der Waals surface area contributed by atoms with Crippen molar-refractivity contribution in [3.63, 3.8) is 0 Å². The number of methoxy groups -OCH3 is 1. The van der Waals surface area contributed by atoms with E-state index in [4.69, 9.17) is 27.9 Å². The van der Waals surface area contributed by atoms with Gasteiger partial charge >= 0.3 is 0 Å². The first-order valence-electron chi connectivity index (χ1n) is 5.60. The summed E-state index contributed by atoms with van der Waals surface area (Å²) in [6, 6.07) is 5.71. The molecular weight excluding hydrogens is 309 g/mol. The number of rotatable bonds is 3. The molecule has 0 saturated heterocycles. The zero-order chi connectivity index (χ0) is 14.9. The minimum absolute atomic E-state index is 0.0884. The van der Waals surface area contributed by atoms with E-state index >= 15 is 0 Å². The lowest BCUT2D eigenvalue weighted by atomic mass is 10.0. The van der Waals surface area contributed by atoms with E-state index in [9.17, 15) is 13.9 Å². The Morgan fingerprint density at radius 2 is 1.75 bits per heavy atom. The second-order valence-electron chi connectivity index (χ2n) is 4.08. The van der Waals surface area contributed by atoms with Crippen molar-refractivity contribution in [1.29, 1.82) is 0 Å². The predicted octanol–water partition coefficient (Wildman–Crippen LogP) is 4.36. The third-order valence-corrected chi connectivity index (χ3v) is 3.45. The van der Waals surface area contributed by atoms with E-state index in [1.54, 1.807) is 0 Å². The summed E-state index contributed by atoms with van der Waals surface area (Å²) in [7, 11) is 1.42. The number of halogens is 4. The molecule has 0 aromatic heterocycles. The molecule has 1 N–H and O–H groups in total. The van der Waals surface area contributed by atoms with E-state index in [1.165, 1.54) is 19.2 Å². The Morgan fingerprint density at radius 3 is 2.35 bits per heavy atom. The fourth-order valence-corrected chi connectivity index (χ4v) is 2.31. The molecule has 20 heavy (non-hydrogen) atoms. The number of aliphatic hydroxyl groups excluding tert-OH is 1. The van der Waals surface area contributed by atoms with Crippen LogP contribution in [0.15, 0.2) is 30.3 Å². The van der Waals surface area contributed by atoms with Crippen molar-refractivity contribution in [3.8, 4) is 5.75 Å². The van der Waals surface area contributed by atoms with E-state index in [0.717, 1.165) is 12.1 Å². The highest BCUT2D eigenvalue weighted by molar-refractivity contribution is 6.34. The highest BCUT2D eigenvalue weighted by Gasteiger charge is 2.20. The summed E-state index contributed by atoms with van der Waals surface area (Å²) < 4.78 is 31.5. The molecule has 6 heteroatoms. The molecule has 2 aromatic rings. The van der Waals surface area contributed by atoms with Crippen LogP contribution in [0.2, 0.25) is 10.0 Å². The molecular formula is C14H10Cl2F2O2. The monoisotopic (exact) mass is 318 g/mol. The number of aliphatic hydroxyl groups is 1. The molecule has 0 radical (unpaired) electrons. The van der Waals surface area contributed by atoms with Gasteiger partial charge in [-0.1, -0.05) is 29.3 Å². The molecule has 0 spiro atoms. The molecule has 0 aliphatic carbocycles. The maximum atomic E-state index is 13.7. The Hall–Kier alpha value is -1.36. The minimum Gasteiger partial charge on any atom is -0.495 e. The third kappa shape index (κ3) is 2.87. The SMILES string of the molecule is COc1cc(Cl)c(C(O)c2ccc(F)cc2F)cc1Cl. The number of hydrogen-bond acceptors (Lipinski definition) is 2. The average molecular weight is 319 g/mol. The van der Waals surface area contributed by atoms with Gasteiger partial charge in [0.05, 0.1) is 17.2 Å². The highest BCUT2D eigenvalue weighted by Crippen LogP contribution is 2.36. The van der Waals surface area contributed by atoms with Crippen LogP contribution in [-0.4, -0.2) is 12.2 Å². The second kappa shape index (κ2) is 5.95. The van der Waals surface area contributed by atoms with Gasteiger partial charge in [0.15, 0.2) is 0 Å². The van der Waals surface area contributed by atoms with Crippen molar-refractivity contribution in [3.05, 3.63) is 63.1 Å². The van der Waals surface area contributed by atoms with Crippen molar-refractivity contribution in [2.45, 2.75) is 6.10 Å². The van der Waals surface area contributed by atoms with Gasteiger partial charge < -0.3 is 9.84 Å². The van der Waals surface area contributed by atoms with Gasteiger partial charge in [0.2, 0.25) is 0 Å². The Balaban J connectivity index is 2.48. The van der Waals surface area contributed by atoms with Crippen LogP contribution < -0.4 is 4.74 Å². The molecule has 2 rings (SSSR count). The number of hydrogen-bond donors (Lipinski definition) is 1. The topological polar surface area (TPSA) is 29.5 Å². The van der Waals surface area contributed by atoms with Gasteiger partial charge in [0.25, 0.3) is 0 Å². The van der Waals surface area contributed by atoms with Crippen LogP contribution >= 0.6 is 23.2 Å². The molecule has 0 amide bonds. The number of benzene rings is 2. The van der Waals surface area contributed by atoms with Crippen LogP contribution in [0, 0.1) is 11.6 Å². The average Bonchev–Trinajstić information content (AvgIpc) is 2.40. The van der Waals surface area contributed by atoms with Gasteiger partial charge in [-0.15, -0.1) is 0 Å². The predicted molar refractivity (Wildman–Crippen MR) is 73.4 cm³/mol.